The van der Waals surface area contributed by atoms with Crippen molar-refractivity contribution in [1.29, 1.82) is 0 Å². The molecule has 0 radical (unpaired) electrons. The van der Waals surface area contributed by atoms with Crippen LogP contribution in [-0.4, -0.2) is 27.0 Å². The van der Waals surface area contributed by atoms with Gasteiger partial charge in [0, 0.05) is 35.4 Å². The third kappa shape index (κ3) is 5.07. The van der Waals surface area contributed by atoms with Crippen LogP contribution in [0.25, 0.3) is 22.4 Å². The van der Waals surface area contributed by atoms with E-state index >= 15 is 0 Å². The van der Waals surface area contributed by atoms with E-state index < -0.39 is 5.63 Å². The summed E-state index contributed by atoms with van der Waals surface area (Å²) in [6.07, 6.45) is 0.826. The Labute approximate surface area is 206 Å². The number of rotatable bonds is 8. The predicted molar refractivity (Wildman–Crippen MR) is 136 cm³/mol. The average molecular weight is 486 g/mol. The second-order valence-electron chi connectivity index (χ2n) is 7.98. The van der Waals surface area contributed by atoms with Gasteiger partial charge in [-0.2, -0.15) is 0 Å². The third-order valence-corrected chi connectivity index (χ3v) is 6.72. The first-order chi connectivity index (χ1) is 17.1. The molecule has 0 saturated carbocycles. The highest BCUT2D eigenvalue weighted by Crippen LogP contribution is 2.30. The zero-order valence-corrected chi connectivity index (χ0v) is 19.9. The smallest absolute Gasteiger partial charge is 0.336 e. The topological polar surface area (TPSA) is 90.4 Å². The molecule has 0 amide bonds. The number of ether oxygens (including phenoxy) is 1. The van der Waals surface area contributed by atoms with Crippen molar-refractivity contribution in [1.82, 2.24) is 14.8 Å². The molecule has 2 heterocycles. The van der Waals surface area contributed by atoms with Crippen molar-refractivity contribution in [3.63, 3.8) is 0 Å². The first kappa shape index (κ1) is 22.7. The minimum atomic E-state index is -0.455. The normalized spacial score (nSPS) is 11.1. The number of thioether (sulfide) groups is 1. The first-order valence-corrected chi connectivity index (χ1v) is 12.1. The predicted octanol–water partition coefficient (Wildman–Crippen LogP) is 5.30. The van der Waals surface area contributed by atoms with Crippen molar-refractivity contribution in [2.45, 2.75) is 23.9 Å². The zero-order chi connectivity index (χ0) is 24.2. The summed E-state index contributed by atoms with van der Waals surface area (Å²) in [4.78, 5) is 12.1. The van der Waals surface area contributed by atoms with E-state index in [0.29, 0.717) is 17.9 Å². The largest absolute Gasteiger partial charge is 0.508 e. The van der Waals surface area contributed by atoms with Gasteiger partial charge in [-0.15, -0.1) is 10.2 Å². The molecule has 8 heteroatoms. The number of fused-ring (bicyclic) bond motifs is 1. The lowest BCUT2D eigenvalue weighted by Crippen LogP contribution is -2.06. The van der Waals surface area contributed by atoms with E-state index in [4.69, 9.17) is 9.15 Å². The van der Waals surface area contributed by atoms with Crippen molar-refractivity contribution >= 4 is 22.7 Å². The number of methoxy groups -OCH3 is 1. The van der Waals surface area contributed by atoms with E-state index in [2.05, 4.69) is 26.9 Å². The molecule has 0 aliphatic carbocycles. The van der Waals surface area contributed by atoms with Gasteiger partial charge in [0.05, 0.1) is 7.11 Å². The van der Waals surface area contributed by atoms with Crippen LogP contribution >= 0.6 is 11.8 Å². The second-order valence-corrected chi connectivity index (χ2v) is 8.92. The fourth-order valence-electron chi connectivity index (χ4n) is 3.92. The Bertz CT molecular complexity index is 1510. The summed E-state index contributed by atoms with van der Waals surface area (Å²) < 4.78 is 12.7. The van der Waals surface area contributed by atoms with Crippen LogP contribution in [0.15, 0.2) is 93.2 Å². The quantitative estimate of drug-likeness (QED) is 0.236. The molecule has 7 nitrogen and oxygen atoms in total. The third-order valence-electron chi connectivity index (χ3n) is 5.70. The van der Waals surface area contributed by atoms with Crippen LogP contribution in [0.3, 0.4) is 0 Å². The Morgan fingerprint density at radius 3 is 2.57 bits per heavy atom. The molecule has 5 aromatic rings. The van der Waals surface area contributed by atoms with Crippen LogP contribution in [0.2, 0.25) is 0 Å². The van der Waals surface area contributed by atoms with Crippen LogP contribution in [0.5, 0.6) is 11.5 Å². The van der Waals surface area contributed by atoms with Crippen LogP contribution in [0.4, 0.5) is 0 Å². The first-order valence-electron chi connectivity index (χ1n) is 11.1. The van der Waals surface area contributed by atoms with Crippen molar-refractivity contribution < 1.29 is 14.3 Å². The van der Waals surface area contributed by atoms with Gasteiger partial charge in [-0.05, 0) is 53.9 Å². The fourth-order valence-corrected chi connectivity index (χ4v) is 4.87. The summed E-state index contributed by atoms with van der Waals surface area (Å²) >= 11 is 1.51. The number of aryl methyl sites for hydroxylation is 1. The van der Waals surface area contributed by atoms with Crippen molar-refractivity contribution in [3.8, 4) is 22.9 Å². The molecule has 5 rings (SSSR count). The van der Waals surface area contributed by atoms with Gasteiger partial charge in [0.15, 0.2) is 11.0 Å². The molecule has 0 bridgehead atoms. The molecule has 2 aromatic heterocycles. The minimum Gasteiger partial charge on any atom is -0.508 e. The van der Waals surface area contributed by atoms with E-state index in [1.165, 1.54) is 29.5 Å². The molecular formula is C27H23N3O4S. The van der Waals surface area contributed by atoms with Crippen LogP contribution in [0.1, 0.15) is 11.1 Å². The number of hydrogen-bond donors (Lipinski definition) is 1. The molecule has 1 N–H and O–H groups in total. The second kappa shape index (κ2) is 10.1. The van der Waals surface area contributed by atoms with Gasteiger partial charge in [-0.25, -0.2) is 4.79 Å². The number of hydrogen-bond acceptors (Lipinski definition) is 7. The van der Waals surface area contributed by atoms with Crippen LogP contribution in [0, 0.1) is 0 Å². The highest BCUT2D eigenvalue weighted by Gasteiger charge is 2.16. The van der Waals surface area contributed by atoms with Gasteiger partial charge >= 0.3 is 5.63 Å². The van der Waals surface area contributed by atoms with Crippen molar-refractivity contribution in [2.75, 3.05) is 7.11 Å². The molecule has 0 aliphatic heterocycles. The maximum absolute atomic E-state index is 12.1. The molecule has 0 fully saturated rings. The molecule has 0 unspecified atom stereocenters. The highest BCUT2D eigenvalue weighted by atomic mass is 32.2. The Morgan fingerprint density at radius 2 is 1.80 bits per heavy atom. The molecule has 0 aliphatic rings. The minimum absolute atomic E-state index is 0.0511. The summed E-state index contributed by atoms with van der Waals surface area (Å²) in [5.74, 6) is 2.10. The summed E-state index contributed by atoms with van der Waals surface area (Å²) in [5.41, 5.74) is 2.88. The maximum atomic E-state index is 12.1. The molecule has 0 atom stereocenters. The monoisotopic (exact) mass is 485 g/mol. The van der Waals surface area contributed by atoms with E-state index in [-0.39, 0.29) is 5.75 Å². The SMILES string of the molecule is COc1ccc(-c2nnc(SCc3cc(=O)oc4cc(O)ccc34)n2CCc2ccccc2)cc1. The van der Waals surface area contributed by atoms with Crippen LogP contribution in [-0.2, 0) is 18.7 Å². The van der Waals surface area contributed by atoms with E-state index in [1.54, 1.807) is 19.2 Å². The van der Waals surface area contributed by atoms with Gasteiger partial charge in [0.2, 0.25) is 0 Å². The zero-order valence-electron chi connectivity index (χ0n) is 19.0. The number of phenols is 1. The Kier molecular flexibility index (Phi) is 6.54. The summed E-state index contributed by atoms with van der Waals surface area (Å²) in [6, 6.07) is 24.3. The lowest BCUT2D eigenvalue weighted by atomic mass is 10.1. The number of benzene rings is 3. The Hall–Kier alpha value is -4.04. The highest BCUT2D eigenvalue weighted by molar-refractivity contribution is 7.98. The molecular weight excluding hydrogens is 462 g/mol. The number of nitrogens with zero attached hydrogens (tertiary/aromatic N) is 3. The van der Waals surface area contributed by atoms with Crippen LogP contribution < -0.4 is 10.4 Å². The Morgan fingerprint density at radius 1 is 1.00 bits per heavy atom. The summed E-state index contributed by atoms with van der Waals surface area (Å²) in [7, 11) is 1.64. The number of aromatic hydroxyl groups is 1. The molecule has 35 heavy (non-hydrogen) atoms. The average Bonchev–Trinajstić information content (AvgIpc) is 3.29. The number of phenolic OH excluding ortho intramolecular Hbond substituents is 1. The summed E-state index contributed by atoms with van der Waals surface area (Å²) in [5, 5.41) is 20.3. The van der Waals surface area contributed by atoms with Gasteiger partial charge in [-0.3, -0.25) is 0 Å². The Balaban J connectivity index is 1.46. The van der Waals surface area contributed by atoms with Crippen molar-refractivity contribution in [2.24, 2.45) is 0 Å². The molecule has 0 saturated heterocycles. The number of aromatic nitrogens is 3. The van der Waals surface area contributed by atoms with E-state index in [1.807, 2.05) is 42.5 Å². The van der Waals surface area contributed by atoms with Crippen molar-refractivity contribution in [3.05, 3.63) is 100 Å². The molecule has 0 spiro atoms. The molecule has 3 aromatic carbocycles. The maximum Gasteiger partial charge on any atom is 0.336 e. The molecule has 176 valence electrons. The standard InChI is InChI=1S/C27H23N3O4S/c1-33-22-10-7-19(8-11-22)26-28-29-27(30(26)14-13-18-5-3-2-4-6-18)35-17-20-15-25(32)34-24-16-21(31)9-12-23(20)24/h2-12,15-16,31H,13-14,17H2,1H3. The lowest BCUT2D eigenvalue weighted by Gasteiger charge is -2.11. The van der Waals surface area contributed by atoms with Gasteiger partial charge in [-0.1, -0.05) is 42.1 Å². The van der Waals surface area contributed by atoms with Gasteiger partial charge in [0.25, 0.3) is 0 Å². The van der Waals surface area contributed by atoms with E-state index in [9.17, 15) is 9.90 Å². The van der Waals surface area contributed by atoms with Gasteiger partial charge < -0.3 is 18.8 Å². The fraction of sp³-hybridized carbons (Fsp3) is 0.148. The van der Waals surface area contributed by atoms with Gasteiger partial charge in [0.1, 0.15) is 17.1 Å². The summed E-state index contributed by atoms with van der Waals surface area (Å²) in [6.45, 7) is 0.701. The lowest BCUT2D eigenvalue weighted by molar-refractivity contribution is 0.415. The van der Waals surface area contributed by atoms with E-state index in [0.717, 1.165) is 39.7 Å².